The molecule has 0 aliphatic rings. The summed E-state index contributed by atoms with van der Waals surface area (Å²) in [6.45, 7) is 0. The summed E-state index contributed by atoms with van der Waals surface area (Å²) in [6.07, 6.45) is 1.12. The molecule has 39 heavy (non-hydrogen) atoms. The Labute approximate surface area is 227 Å². The Morgan fingerprint density at radius 3 is 2.44 bits per heavy atom. The van der Waals surface area contributed by atoms with Gasteiger partial charge in [0.05, 0.1) is 30.0 Å². The van der Waals surface area contributed by atoms with E-state index in [2.05, 4.69) is 21.2 Å². The molecule has 1 aromatic heterocycles. The van der Waals surface area contributed by atoms with Crippen molar-refractivity contribution >= 4 is 68.5 Å². The molecule has 0 spiro atoms. The minimum atomic E-state index is -0.993. The van der Waals surface area contributed by atoms with Crippen molar-refractivity contribution in [2.45, 2.75) is 0 Å². The van der Waals surface area contributed by atoms with E-state index in [-0.39, 0.29) is 5.56 Å². The Morgan fingerprint density at radius 1 is 0.897 bits per heavy atom. The van der Waals surface area contributed by atoms with Crippen LogP contribution < -0.4 is 20.8 Å². The first-order valence-electron chi connectivity index (χ1n) is 11.7. The summed E-state index contributed by atoms with van der Waals surface area (Å²) < 4.78 is 19.0. The number of halogens is 2. The van der Waals surface area contributed by atoms with Crippen molar-refractivity contribution in [1.82, 2.24) is 10.4 Å². The number of aromatic nitrogens is 1. The van der Waals surface area contributed by atoms with Gasteiger partial charge in [-0.25, -0.2) is 14.8 Å². The van der Waals surface area contributed by atoms with Crippen molar-refractivity contribution in [3.63, 3.8) is 0 Å². The summed E-state index contributed by atoms with van der Waals surface area (Å²) in [7, 11) is 1.60. The van der Waals surface area contributed by atoms with Gasteiger partial charge in [-0.05, 0) is 66.7 Å². The maximum absolute atomic E-state index is 13.6. The van der Waals surface area contributed by atoms with Crippen LogP contribution in [-0.4, -0.2) is 30.1 Å². The van der Waals surface area contributed by atoms with E-state index in [0.29, 0.717) is 16.5 Å². The molecular formula is C29H21ClFN5O3. The van der Waals surface area contributed by atoms with Gasteiger partial charge in [0.15, 0.2) is 0 Å². The summed E-state index contributed by atoms with van der Waals surface area (Å²) in [5, 5.41) is 11.9. The smallest absolute Gasteiger partial charge is 0.329 e. The summed E-state index contributed by atoms with van der Waals surface area (Å²) in [5.41, 5.74) is 5.71. The molecule has 5 rings (SSSR count). The van der Waals surface area contributed by atoms with Crippen LogP contribution in [0.2, 0.25) is 5.02 Å². The quantitative estimate of drug-likeness (QED) is 0.105. The lowest BCUT2D eigenvalue weighted by atomic mass is 10.1. The number of methoxy groups -OCH3 is 1. The number of rotatable bonds is 6. The minimum absolute atomic E-state index is 0.178. The lowest BCUT2D eigenvalue weighted by Gasteiger charge is -2.15. The third kappa shape index (κ3) is 5.78. The average Bonchev–Trinajstić information content (AvgIpc) is 2.94. The molecule has 0 radical (unpaired) electrons. The van der Waals surface area contributed by atoms with Gasteiger partial charge in [0.25, 0.3) is 0 Å². The second-order valence-corrected chi connectivity index (χ2v) is 8.84. The molecule has 4 aromatic carbocycles. The van der Waals surface area contributed by atoms with E-state index in [9.17, 15) is 14.0 Å². The monoisotopic (exact) mass is 541 g/mol. The first-order valence-corrected chi connectivity index (χ1v) is 12.1. The molecule has 8 nitrogen and oxygen atoms in total. The lowest BCUT2D eigenvalue weighted by molar-refractivity contribution is -0.136. The number of anilines is 3. The number of benzene rings is 4. The zero-order valence-corrected chi connectivity index (χ0v) is 21.3. The largest absolute Gasteiger partial charge is 0.497 e. The number of hydrogen-bond acceptors (Lipinski definition) is 6. The highest BCUT2D eigenvalue weighted by Gasteiger charge is 2.14. The third-order valence-corrected chi connectivity index (χ3v) is 6.07. The normalized spacial score (nSPS) is 11.1. The van der Waals surface area contributed by atoms with Gasteiger partial charge in [-0.3, -0.25) is 9.59 Å². The Hall–Kier alpha value is -5.02. The first kappa shape index (κ1) is 25.6. The van der Waals surface area contributed by atoms with Crippen LogP contribution in [0.4, 0.5) is 21.5 Å². The molecule has 0 saturated heterocycles. The molecule has 2 amide bonds. The Balaban J connectivity index is 1.32. The van der Waals surface area contributed by atoms with E-state index in [0.717, 1.165) is 39.4 Å². The van der Waals surface area contributed by atoms with Gasteiger partial charge in [0, 0.05) is 32.7 Å². The highest BCUT2D eigenvalue weighted by Crippen LogP contribution is 2.36. The predicted molar refractivity (Wildman–Crippen MR) is 151 cm³/mol. The van der Waals surface area contributed by atoms with Crippen molar-refractivity contribution in [3.05, 3.63) is 101 Å². The highest BCUT2D eigenvalue weighted by atomic mass is 35.5. The number of nitrogens with one attached hydrogen (secondary N) is 3. The third-order valence-electron chi connectivity index (χ3n) is 5.84. The van der Waals surface area contributed by atoms with Gasteiger partial charge in [-0.2, -0.15) is 5.10 Å². The summed E-state index contributed by atoms with van der Waals surface area (Å²) in [6, 6.07) is 23.9. The van der Waals surface area contributed by atoms with Crippen molar-refractivity contribution in [2.75, 3.05) is 17.7 Å². The van der Waals surface area contributed by atoms with Crippen LogP contribution in [0.15, 0.2) is 90.0 Å². The Morgan fingerprint density at radius 2 is 1.67 bits per heavy atom. The molecule has 194 valence electrons. The first-order chi connectivity index (χ1) is 18.9. The topological polar surface area (TPSA) is 105 Å². The maximum atomic E-state index is 13.6. The second kappa shape index (κ2) is 11.2. The fraction of sp³-hybridized carbons (Fsp3) is 0.0345. The standard InChI is InChI=1S/C29H21ClFN5O3/c1-39-21-11-13-25-23(15-21)27(22-12-6-18(30)14-26(22)35-25)33-19-7-9-20(10-8-19)34-28(37)29(38)36-32-16-17-4-2-3-5-24(17)31/h2-16H,1H3,(H,33,35)(H,34,37)(H,36,38)/b32-16+. The van der Waals surface area contributed by atoms with Gasteiger partial charge < -0.3 is 15.4 Å². The molecule has 5 aromatic rings. The number of hydrogen-bond donors (Lipinski definition) is 3. The fourth-order valence-electron chi connectivity index (χ4n) is 3.92. The summed E-state index contributed by atoms with van der Waals surface area (Å²) >= 11 is 6.21. The fourth-order valence-corrected chi connectivity index (χ4v) is 4.08. The molecule has 1 heterocycles. The SMILES string of the molecule is COc1ccc2nc3cc(Cl)ccc3c(Nc3ccc(NC(=O)C(=O)N/N=C/c4ccccc4F)cc3)c2c1. The van der Waals surface area contributed by atoms with Crippen molar-refractivity contribution < 1.29 is 18.7 Å². The maximum Gasteiger partial charge on any atom is 0.329 e. The molecule has 0 aliphatic heterocycles. The average molecular weight is 542 g/mol. The van der Waals surface area contributed by atoms with E-state index >= 15 is 0 Å². The number of pyridine rings is 1. The number of fused-ring (bicyclic) bond motifs is 2. The number of nitrogens with zero attached hydrogens (tertiary/aromatic N) is 2. The van der Waals surface area contributed by atoms with E-state index < -0.39 is 17.6 Å². The van der Waals surface area contributed by atoms with E-state index in [1.165, 1.54) is 18.2 Å². The van der Waals surface area contributed by atoms with Crippen LogP contribution in [0.3, 0.4) is 0 Å². The number of ether oxygens (including phenoxy) is 1. The van der Waals surface area contributed by atoms with Crippen molar-refractivity contribution in [1.29, 1.82) is 0 Å². The molecule has 0 aliphatic carbocycles. The Bertz CT molecular complexity index is 1740. The van der Waals surface area contributed by atoms with Crippen molar-refractivity contribution in [3.8, 4) is 5.75 Å². The number of amides is 2. The molecule has 0 bridgehead atoms. The van der Waals surface area contributed by atoms with Gasteiger partial charge >= 0.3 is 11.8 Å². The summed E-state index contributed by atoms with van der Waals surface area (Å²) in [5.74, 6) is -1.72. The molecule has 10 heteroatoms. The predicted octanol–water partition coefficient (Wildman–Crippen LogP) is 6.02. The molecule has 0 saturated carbocycles. The molecular weight excluding hydrogens is 521 g/mol. The van der Waals surface area contributed by atoms with Crippen LogP contribution in [0.5, 0.6) is 5.75 Å². The molecule has 0 unspecified atom stereocenters. The van der Waals surface area contributed by atoms with Crippen molar-refractivity contribution in [2.24, 2.45) is 5.10 Å². The molecule has 0 atom stereocenters. The van der Waals surface area contributed by atoms with E-state index in [1.54, 1.807) is 49.6 Å². The highest BCUT2D eigenvalue weighted by molar-refractivity contribution is 6.39. The van der Waals surface area contributed by atoms with Gasteiger partial charge in [-0.1, -0.05) is 29.8 Å². The van der Waals surface area contributed by atoms with Crippen LogP contribution in [0.25, 0.3) is 21.8 Å². The van der Waals surface area contributed by atoms with E-state index in [1.807, 2.05) is 24.3 Å². The van der Waals surface area contributed by atoms with Crippen LogP contribution in [0.1, 0.15) is 5.56 Å². The van der Waals surface area contributed by atoms with Gasteiger partial charge in [0.1, 0.15) is 11.6 Å². The van der Waals surface area contributed by atoms with Crippen LogP contribution in [-0.2, 0) is 9.59 Å². The Kier molecular flexibility index (Phi) is 7.33. The number of carbonyl (C=O) groups is 2. The van der Waals surface area contributed by atoms with Gasteiger partial charge in [-0.15, -0.1) is 0 Å². The van der Waals surface area contributed by atoms with E-state index in [4.69, 9.17) is 21.3 Å². The summed E-state index contributed by atoms with van der Waals surface area (Å²) in [4.78, 5) is 29.1. The zero-order chi connectivity index (χ0) is 27.4. The lowest BCUT2D eigenvalue weighted by Crippen LogP contribution is -2.32. The number of hydrazone groups is 1. The number of carbonyl (C=O) groups excluding carboxylic acids is 2. The van der Waals surface area contributed by atoms with Gasteiger partial charge in [0.2, 0.25) is 0 Å². The molecule has 0 fully saturated rings. The van der Waals surface area contributed by atoms with Crippen LogP contribution in [0, 0.1) is 5.82 Å². The second-order valence-electron chi connectivity index (χ2n) is 8.41. The minimum Gasteiger partial charge on any atom is -0.497 e. The zero-order valence-electron chi connectivity index (χ0n) is 20.5. The molecule has 3 N–H and O–H groups in total. The van der Waals surface area contributed by atoms with Crippen LogP contribution >= 0.6 is 11.6 Å².